The van der Waals surface area contributed by atoms with Crippen molar-refractivity contribution in [2.45, 2.75) is 25.4 Å². The van der Waals surface area contributed by atoms with Crippen molar-refractivity contribution in [2.24, 2.45) is 11.5 Å². The fourth-order valence-electron chi connectivity index (χ4n) is 1.42. The van der Waals surface area contributed by atoms with Gasteiger partial charge in [0, 0.05) is 12.5 Å². The van der Waals surface area contributed by atoms with E-state index in [9.17, 15) is 9.59 Å². The summed E-state index contributed by atoms with van der Waals surface area (Å²) >= 11 is 0. The van der Waals surface area contributed by atoms with Crippen molar-refractivity contribution in [3.05, 3.63) is 30.1 Å². The van der Waals surface area contributed by atoms with E-state index >= 15 is 0 Å². The number of pyridine rings is 1. The normalized spacial score (nSPS) is 12.1. The van der Waals surface area contributed by atoms with E-state index in [0.717, 1.165) is 0 Å². The van der Waals surface area contributed by atoms with E-state index in [0.29, 0.717) is 24.9 Å². The molecule has 0 saturated carbocycles. The summed E-state index contributed by atoms with van der Waals surface area (Å²) in [5.41, 5.74) is 11.0. The minimum Gasteiger partial charge on any atom is -0.480 e. The van der Waals surface area contributed by atoms with Crippen LogP contribution >= 0.6 is 0 Å². The van der Waals surface area contributed by atoms with Crippen molar-refractivity contribution >= 4 is 11.9 Å². The minimum absolute atomic E-state index is 0.392. The fraction of sp³-hybridized carbons (Fsp3) is 0.364. The van der Waals surface area contributed by atoms with Crippen LogP contribution in [0.15, 0.2) is 24.5 Å². The number of carbonyl (C=O) groups excluding carboxylic acids is 1. The number of rotatable bonds is 6. The molecule has 0 bridgehead atoms. The van der Waals surface area contributed by atoms with Crippen LogP contribution in [0.3, 0.4) is 0 Å². The molecule has 1 heterocycles. The molecule has 6 heteroatoms. The second-order valence-corrected chi connectivity index (χ2v) is 3.78. The Hall–Kier alpha value is -1.95. The van der Waals surface area contributed by atoms with Gasteiger partial charge in [0.05, 0.1) is 0 Å². The van der Waals surface area contributed by atoms with Crippen LogP contribution in [0.2, 0.25) is 0 Å². The summed E-state index contributed by atoms with van der Waals surface area (Å²) in [5.74, 6) is -1.48. The van der Waals surface area contributed by atoms with Gasteiger partial charge in [-0.1, -0.05) is 0 Å². The molecule has 6 nitrogen and oxygen atoms in total. The average Bonchev–Trinajstić information content (AvgIpc) is 2.29. The lowest BCUT2D eigenvalue weighted by molar-refractivity contribution is -0.697. The maximum atomic E-state index is 10.9. The van der Waals surface area contributed by atoms with Gasteiger partial charge in [0.25, 0.3) is 5.91 Å². The Morgan fingerprint density at radius 3 is 2.76 bits per heavy atom. The molecular formula is C11H16N3O3+. The van der Waals surface area contributed by atoms with Gasteiger partial charge in [0.2, 0.25) is 0 Å². The first kappa shape index (κ1) is 13.1. The average molecular weight is 238 g/mol. The van der Waals surface area contributed by atoms with Crippen molar-refractivity contribution in [1.29, 1.82) is 0 Å². The Morgan fingerprint density at radius 1 is 1.47 bits per heavy atom. The van der Waals surface area contributed by atoms with Gasteiger partial charge in [-0.3, -0.25) is 9.59 Å². The highest BCUT2D eigenvalue weighted by molar-refractivity contribution is 5.92. The van der Waals surface area contributed by atoms with Gasteiger partial charge in [0.1, 0.15) is 18.2 Å². The van der Waals surface area contributed by atoms with E-state index in [1.807, 2.05) is 0 Å². The summed E-state index contributed by atoms with van der Waals surface area (Å²) in [4.78, 5) is 21.4. The van der Waals surface area contributed by atoms with Gasteiger partial charge in [-0.05, 0) is 12.5 Å². The number of nitrogens with two attached hydrogens (primary N) is 2. The smallest absolute Gasteiger partial charge is 0.320 e. The zero-order chi connectivity index (χ0) is 12.8. The Morgan fingerprint density at radius 2 is 2.18 bits per heavy atom. The molecule has 0 fully saturated rings. The standard InChI is InChI=1S/C11H15N3O3/c12-9(11(16)17)4-2-6-14-5-1-3-8(7-14)10(13)15/h1,3,5,7,9H,2,4,6,12H2,(H2-,13,15,16,17)/p+1/t9-/m0/s1. The molecule has 0 aliphatic rings. The van der Waals surface area contributed by atoms with Gasteiger partial charge in [-0.2, -0.15) is 0 Å². The monoisotopic (exact) mass is 238 g/mol. The lowest BCUT2D eigenvalue weighted by Crippen LogP contribution is -2.36. The van der Waals surface area contributed by atoms with E-state index in [-0.39, 0.29) is 0 Å². The molecule has 17 heavy (non-hydrogen) atoms. The number of carbonyl (C=O) groups is 2. The number of aliphatic carboxylic acids is 1. The van der Waals surface area contributed by atoms with E-state index < -0.39 is 17.9 Å². The van der Waals surface area contributed by atoms with Gasteiger partial charge >= 0.3 is 5.97 Å². The van der Waals surface area contributed by atoms with Gasteiger partial charge < -0.3 is 16.6 Å². The topological polar surface area (TPSA) is 110 Å². The maximum Gasteiger partial charge on any atom is 0.320 e. The molecule has 5 N–H and O–H groups in total. The molecule has 0 aromatic carbocycles. The number of aryl methyl sites for hydroxylation is 1. The lowest BCUT2D eigenvalue weighted by atomic mass is 10.1. The highest BCUT2D eigenvalue weighted by Gasteiger charge is 2.12. The third kappa shape index (κ3) is 4.20. The number of hydrogen-bond donors (Lipinski definition) is 3. The first-order chi connectivity index (χ1) is 8.00. The van der Waals surface area contributed by atoms with E-state index in [1.165, 1.54) is 0 Å². The van der Waals surface area contributed by atoms with Gasteiger partial charge in [-0.25, -0.2) is 4.57 Å². The summed E-state index contributed by atoms with van der Waals surface area (Å²) in [7, 11) is 0. The number of carboxylic acid groups (broad SMARTS) is 1. The van der Waals surface area contributed by atoms with Crippen molar-refractivity contribution in [2.75, 3.05) is 0 Å². The van der Waals surface area contributed by atoms with Crippen LogP contribution in [0, 0.1) is 0 Å². The number of amides is 1. The molecule has 0 spiro atoms. The number of aromatic nitrogens is 1. The van der Waals surface area contributed by atoms with Crippen molar-refractivity contribution < 1.29 is 19.3 Å². The molecule has 1 amide bonds. The Bertz CT molecular complexity index is 420. The summed E-state index contributed by atoms with van der Waals surface area (Å²) in [6.45, 7) is 0.599. The second kappa shape index (κ2) is 5.95. The molecule has 0 unspecified atom stereocenters. The van der Waals surface area contributed by atoms with Crippen LogP contribution in [0.1, 0.15) is 23.2 Å². The second-order valence-electron chi connectivity index (χ2n) is 3.78. The number of carboxylic acids is 1. The predicted molar refractivity (Wildman–Crippen MR) is 60.0 cm³/mol. The molecule has 92 valence electrons. The van der Waals surface area contributed by atoms with Crippen LogP contribution in [0.25, 0.3) is 0 Å². The Balaban J connectivity index is 2.49. The summed E-state index contributed by atoms with van der Waals surface area (Å²) < 4.78 is 1.79. The predicted octanol–water partition coefficient (Wildman–Crippen LogP) is -0.735. The maximum absolute atomic E-state index is 10.9. The molecule has 0 saturated heterocycles. The largest absolute Gasteiger partial charge is 0.480 e. The molecule has 1 atom stereocenters. The van der Waals surface area contributed by atoms with Gasteiger partial charge in [0.15, 0.2) is 12.4 Å². The van der Waals surface area contributed by atoms with Crippen molar-refractivity contribution in [3.8, 4) is 0 Å². The molecule has 0 aliphatic heterocycles. The lowest BCUT2D eigenvalue weighted by Gasteiger charge is -2.03. The zero-order valence-corrected chi connectivity index (χ0v) is 9.37. The molecular weight excluding hydrogens is 222 g/mol. The van der Waals surface area contributed by atoms with Gasteiger partial charge in [-0.15, -0.1) is 0 Å². The van der Waals surface area contributed by atoms with Crippen LogP contribution in [-0.2, 0) is 11.3 Å². The third-order valence-corrected chi connectivity index (χ3v) is 2.39. The molecule has 1 rings (SSSR count). The highest BCUT2D eigenvalue weighted by atomic mass is 16.4. The quantitative estimate of drug-likeness (QED) is 0.567. The van der Waals surface area contributed by atoms with Crippen LogP contribution in [0.5, 0.6) is 0 Å². The number of nitrogens with zero attached hydrogens (tertiary/aromatic N) is 1. The van der Waals surface area contributed by atoms with E-state index in [1.54, 1.807) is 29.1 Å². The van der Waals surface area contributed by atoms with Crippen molar-refractivity contribution in [1.82, 2.24) is 0 Å². The summed E-state index contributed by atoms with van der Waals surface area (Å²) in [6, 6.07) is 2.51. The first-order valence-electron chi connectivity index (χ1n) is 5.28. The Labute approximate surface area is 98.8 Å². The Kier molecular flexibility index (Phi) is 4.59. The first-order valence-corrected chi connectivity index (χ1v) is 5.28. The van der Waals surface area contributed by atoms with Crippen LogP contribution in [-0.4, -0.2) is 23.0 Å². The molecule has 1 aromatic heterocycles. The van der Waals surface area contributed by atoms with Crippen molar-refractivity contribution in [3.63, 3.8) is 0 Å². The number of primary amides is 1. The van der Waals surface area contributed by atoms with E-state index in [2.05, 4.69) is 0 Å². The fourth-order valence-corrected chi connectivity index (χ4v) is 1.42. The third-order valence-electron chi connectivity index (χ3n) is 2.39. The molecule has 0 aliphatic carbocycles. The number of hydrogen-bond acceptors (Lipinski definition) is 3. The zero-order valence-electron chi connectivity index (χ0n) is 9.37. The summed E-state index contributed by atoms with van der Waals surface area (Å²) in [5, 5.41) is 8.60. The van der Waals surface area contributed by atoms with Crippen LogP contribution in [0.4, 0.5) is 0 Å². The SMILES string of the molecule is NC(=O)c1ccc[n+](CCC[C@H](N)C(=O)O)c1. The molecule has 1 aromatic rings. The summed E-state index contributed by atoms with van der Waals surface area (Å²) in [6.07, 6.45) is 4.44. The van der Waals surface area contributed by atoms with Crippen LogP contribution < -0.4 is 16.0 Å². The highest BCUT2D eigenvalue weighted by Crippen LogP contribution is 1.96. The minimum atomic E-state index is -0.999. The van der Waals surface area contributed by atoms with E-state index in [4.69, 9.17) is 16.6 Å². The molecule has 0 radical (unpaired) electrons.